The van der Waals surface area contributed by atoms with Crippen LogP contribution in [-0.4, -0.2) is 70.6 Å². The molecule has 0 aliphatic carbocycles. The number of anilines is 2. The van der Waals surface area contributed by atoms with Crippen molar-refractivity contribution in [2.24, 2.45) is 0 Å². The molecule has 11 heteroatoms. The minimum Gasteiger partial charge on any atom is -0.382 e. The van der Waals surface area contributed by atoms with E-state index in [0.29, 0.717) is 18.9 Å². The van der Waals surface area contributed by atoms with Crippen molar-refractivity contribution in [1.29, 1.82) is 0 Å². The van der Waals surface area contributed by atoms with Gasteiger partial charge in [-0.3, -0.25) is 4.68 Å². The number of hydrogen-bond acceptors (Lipinski definition) is 8. The van der Waals surface area contributed by atoms with Gasteiger partial charge in [-0.25, -0.2) is 17.9 Å². The summed E-state index contributed by atoms with van der Waals surface area (Å²) in [4.78, 5) is 6.38. The highest BCUT2D eigenvalue weighted by Crippen LogP contribution is 2.37. The van der Waals surface area contributed by atoms with Gasteiger partial charge in [0.05, 0.1) is 28.9 Å². The lowest BCUT2D eigenvalue weighted by Gasteiger charge is -2.29. The van der Waals surface area contributed by atoms with Crippen LogP contribution >= 0.6 is 0 Å². The Morgan fingerprint density at radius 2 is 1.80 bits per heavy atom. The summed E-state index contributed by atoms with van der Waals surface area (Å²) in [6, 6.07) is 12.5. The molecule has 182 valence electrons. The van der Waals surface area contributed by atoms with E-state index in [2.05, 4.69) is 36.9 Å². The first-order valence-corrected chi connectivity index (χ1v) is 13.6. The summed E-state index contributed by atoms with van der Waals surface area (Å²) in [7, 11) is -2.95. The van der Waals surface area contributed by atoms with Crippen molar-refractivity contribution >= 4 is 26.9 Å². The number of rotatable bonds is 4. The van der Waals surface area contributed by atoms with Gasteiger partial charge in [0.15, 0.2) is 15.7 Å². The van der Waals surface area contributed by atoms with Crippen LogP contribution in [0.4, 0.5) is 11.5 Å². The molecule has 0 spiro atoms. The fraction of sp³-hybridized carbons (Fsp3) is 0.375. The predicted molar refractivity (Wildman–Crippen MR) is 134 cm³/mol. The smallest absolute Gasteiger partial charge is 0.153 e. The van der Waals surface area contributed by atoms with Crippen molar-refractivity contribution in [2.75, 3.05) is 48.4 Å². The number of nitrogen functional groups attached to an aromatic ring is 1. The molecule has 2 fully saturated rings. The second-order valence-corrected chi connectivity index (χ2v) is 11.3. The van der Waals surface area contributed by atoms with Gasteiger partial charge in [0, 0.05) is 49.3 Å². The summed E-state index contributed by atoms with van der Waals surface area (Å²) in [6.45, 7) is 2.43. The molecule has 35 heavy (non-hydrogen) atoms. The number of benzene rings is 1. The van der Waals surface area contributed by atoms with Crippen molar-refractivity contribution in [3.63, 3.8) is 0 Å². The standard InChI is InChI=1S/C24H27N7O3S/c25-24-23-20(21-4-7-27-30(21)18-5-10-34-11-6-18)15-22(31(23)28-16-26-24)17-2-1-3-19(14-17)29-8-12-35(32,33)13-9-29/h1-4,7,14-16,18H,5-6,8-13H2,(H2,25,26,28). The van der Waals surface area contributed by atoms with Gasteiger partial charge >= 0.3 is 0 Å². The number of fused-ring (bicyclic) bond motifs is 1. The number of sulfone groups is 1. The molecule has 0 unspecified atom stereocenters. The second kappa shape index (κ2) is 8.65. The summed E-state index contributed by atoms with van der Waals surface area (Å²) >= 11 is 0. The van der Waals surface area contributed by atoms with E-state index in [9.17, 15) is 8.42 Å². The van der Waals surface area contributed by atoms with Gasteiger partial charge in [0.2, 0.25) is 0 Å². The third kappa shape index (κ3) is 4.04. The fourth-order valence-corrected chi connectivity index (χ4v) is 6.25. The Morgan fingerprint density at radius 3 is 2.60 bits per heavy atom. The zero-order valence-electron chi connectivity index (χ0n) is 19.2. The molecule has 0 amide bonds. The van der Waals surface area contributed by atoms with E-state index in [0.717, 1.165) is 59.8 Å². The Kier molecular flexibility index (Phi) is 5.45. The molecular formula is C24H27N7O3S. The van der Waals surface area contributed by atoms with E-state index in [1.54, 1.807) is 0 Å². The Bertz CT molecular complexity index is 1470. The van der Waals surface area contributed by atoms with Crippen LogP contribution in [0.25, 0.3) is 28.0 Å². The molecule has 0 atom stereocenters. The number of aromatic nitrogens is 5. The largest absolute Gasteiger partial charge is 0.382 e. The van der Waals surface area contributed by atoms with E-state index in [4.69, 9.17) is 10.5 Å². The maximum absolute atomic E-state index is 11.9. The van der Waals surface area contributed by atoms with Crippen molar-refractivity contribution in [3.05, 3.63) is 48.9 Å². The molecule has 2 aliphatic heterocycles. The molecule has 0 radical (unpaired) electrons. The van der Waals surface area contributed by atoms with Gasteiger partial charge in [0.25, 0.3) is 0 Å². The Balaban J connectivity index is 1.44. The molecule has 10 nitrogen and oxygen atoms in total. The van der Waals surface area contributed by atoms with E-state index in [1.807, 2.05) is 35.0 Å². The van der Waals surface area contributed by atoms with E-state index in [1.165, 1.54) is 6.33 Å². The SMILES string of the molecule is Nc1ncnn2c(-c3cccc(N4CCS(=O)(=O)CC4)c3)cc(-c3ccnn3C3CCOCC3)c12. The Labute approximate surface area is 203 Å². The van der Waals surface area contributed by atoms with Gasteiger partial charge in [-0.2, -0.15) is 10.2 Å². The Morgan fingerprint density at radius 1 is 1.00 bits per heavy atom. The fourth-order valence-electron chi connectivity index (χ4n) is 5.05. The van der Waals surface area contributed by atoms with Crippen LogP contribution in [-0.2, 0) is 14.6 Å². The first-order valence-electron chi connectivity index (χ1n) is 11.8. The van der Waals surface area contributed by atoms with Crippen LogP contribution < -0.4 is 10.6 Å². The zero-order chi connectivity index (χ0) is 24.0. The molecule has 0 saturated carbocycles. The van der Waals surface area contributed by atoms with Crippen LogP contribution in [0.5, 0.6) is 0 Å². The molecule has 6 rings (SSSR count). The van der Waals surface area contributed by atoms with Crippen LogP contribution in [0.15, 0.2) is 48.9 Å². The summed E-state index contributed by atoms with van der Waals surface area (Å²) in [5, 5.41) is 9.17. The molecule has 3 aromatic heterocycles. The highest BCUT2D eigenvalue weighted by Gasteiger charge is 2.25. The van der Waals surface area contributed by atoms with Gasteiger partial charge < -0.3 is 15.4 Å². The van der Waals surface area contributed by atoms with Gasteiger partial charge in [-0.15, -0.1) is 0 Å². The minimum atomic E-state index is -2.95. The number of nitrogens with zero attached hydrogens (tertiary/aromatic N) is 6. The number of hydrogen-bond donors (Lipinski definition) is 1. The van der Waals surface area contributed by atoms with Gasteiger partial charge in [-0.1, -0.05) is 12.1 Å². The maximum Gasteiger partial charge on any atom is 0.153 e. The van der Waals surface area contributed by atoms with E-state index >= 15 is 0 Å². The first kappa shape index (κ1) is 22.1. The summed E-state index contributed by atoms with van der Waals surface area (Å²) in [5.74, 6) is 0.753. The van der Waals surface area contributed by atoms with Gasteiger partial charge in [0.1, 0.15) is 11.8 Å². The topological polar surface area (TPSA) is 121 Å². The molecular weight excluding hydrogens is 466 g/mol. The highest BCUT2D eigenvalue weighted by molar-refractivity contribution is 7.91. The molecule has 0 bridgehead atoms. The average Bonchev–Trinajstić information content (AvgIpc) is 3.50. The Hall–Kier alpha value is -3.44. The molecule has 2 N–H and O–H groups in total. The molecule has 2 aliphatic rings. The van der Waals surface area contributed by atoms with Crippen LogP contribution in [0, 0.1) is 0 Å². The average molecular weight is 494 g/mol. The van der Waals surface area contributed by atoms with E-state index in [-0.39, 0.29) is 17.5 Å². The summed E-state index contributed by atoms with van der Waals surface area (Å²) in [5.41, 5.74) is 11.8. The lowest BCUT2D eigenvalue weighted by Crippen LogP contribution is -2.40. The first-order chi connectivity index (χ1) is 17.0. The number of nitrogens with two attached hydrogens (primary N) is 1. The lowest BCUT2D eigenvalue weighted by atomic mass is 10.1. The molecule has 1 aromatic carbocycles. The van der Waals surface area contributed by atoms with Crippen LogP contribution in [0.2, 0.25) is 0 Å². The van der Waals surface area contributed by atoms with Crippen LogP contribution in [0.3, 0.4) is 0 Å². The molecule has 4 aromatic rings. The molecule has 2 saturated heterocycles. The summed E-state index contributed by atoms with van der Waals surface area (Å²) in [6.07, 6.45) is 5.10. The number of ether oxygens (including phenoxy) is 1. The quantitative estimate of drug-likeness (QED) is 0.460. The van der Waals surface area contributed by atoms with Crippen molar-refractivity contribution in [2.45, 2.75) is 18.9 Å². The third-order valence-corrected chi connectivity index (χ3v) is 8.53. The normalized spacial score (nSPS) is 18.8. The monoisotopic (exact) mass is 493 g/mol. The summed E-state index contributed by atoms with van der Waals surface area (Å²) < 4.78 is 33.2. The molecule has 5 heterocycles. The minimum absolute atomic E-state index is 0.176. The highest BCUT2D eigenvalue weighted by atomic mass is 32.2. The van der Waals surface area contributed by atoms with Crippen molar-refractivity contribution in [1.82, 2.24) is 24.4 Å². The predicted octanol–water partition coefficient (Wildman–Crippen LogP) is 2.43. The lowest BCUT2D eigenvalue weighted by molar-refractivity contribution is 0.0667. The van der Waals surface area contributed by atoms with E-state index < -0.39 is 9.84 Å². The zero-order valence-corrected chi connectivity index (χ0v) is 20.1. The third-order valence-electron chi connectivity index (χ3n) is 6.92. The van der Waals surface area contributed by atoms with Crippen molar-refractivity contribution in [3.8, 4) is 22.5 Å². The van der Waals surface area contributed by atoms with Crippen LogP contribution in [0.1, 0.15) is 18.9 Å². The second-order valence-electron chi connectivity index (χ2n) is 9.04. The van der Waals surface area contributed by atoms with Crippen molar-refractivity contribution < 1.29 is 13.2 Å². The van der Waals surface area contributed by atoms with Gasteiger partial charge in [-0.05, 0) is 37.1 Å². The maximum atomic E-state index is 11.9.